The van der Waals surface area contributed by atoms with Crippen molar-refractivity contribution >= 4 is 23.0 Å². The number of thiazole rings is 1. The van der Waals surface area contributed by atoms with Gasteiger partial charge in [0.1, 0.15) is 0 Å². The van der Waals surface area contributed by atoms with Crippen LogP contribution in [0.2, 0.25) is 0 Å². The average molecular weight is 429 g/mol. The highest BCUT2D eigenvalue weighted by Gasteiger charge is 2.44. The second-order valence-electron chi connectivity index (χ2n) is 8.42. The summed E-state index contributed by atoms with van der Waals surface area (Å²) in [5.41, 5.74) is 2.79. The first-order chi connectivity index (χ1) is 14.1. The minimum atomic E-state index is -0.604. The molecule has 0 saturated heterocycles. The lowest BCUT2D eigenvalue weighted by atomic mass is 9.93. The van der Waals surface area contributed by atoms with Gasteiger partial charge in [-0.3, -0.25) is 9.59 Å². The van der Waals surface area contributed by atoms with Crippen molar-refractivity contribution in [2.24, 2.45) is 0 Å². The number of aryl methyl sites for hydroxylation is 2. The molecule has 0 spiro atoms. The van der Waals surface area contributed by atoms with Gasteiger partial charge in [-0.05, 0) is 30.9 Å². The molecule has 2 N–H and O–H groups in total. The molecule has 160 valence electrons. The van der Waals surface area contributed by atoms with Gasteiger partial charge in [0.05, 0.1) is 54.4 Å². The summed E-state index contributed by atoms with van der Waals surface area (Å²) in [5.74, 6) is -0.874. The number of amides is 1. The number of likely N-dealkylation sites (N-methyl/N-ethyl adjacent to an activating group) is 1. The first-order valence-corrected chi connectivity index (χ1v) is 11.0. The summed E-state index contributed by atoms with van der Waals surface area (Å²) in [6.07, 6.45) is 0. The molecule has 0 saturated carbocycles. The van der Waals surface area contributed by atoms with Crippen LogP contribution in [-0.4, -0.2) is 53.9 Å². The number of quaternary nitrogens is 1. The predicted octanol–water partition coefficient (Wildman–Crippen LogP) is 2.61. The van der Waals surface area contributed by atoms with E-state index in [1.54, 1.807) is 11.8 Å². The third-order valence-electron chi connectivity index (χ3n) is 5.43. The van der Waals surface area contributed by atoms with Gasteiger partial charge in [-0.2, -0.15) is 0 Å². The normalized spacial score (nSPS) is 17.0. The summed E-state index contributed by atoms with van der Waals surface area (Å²) in [7, 11) is 4.02. The number of aliphatic hydroxyl groups is 1. The van der Waals surface area contributed by atoms with Gasteiger partial charge in [-0.25, -0.2) is 4.98 Å². The van der Waals surface area contributed by atoms with Crippen LogP contribution >= 0.6 is 11.3 Å². The largest absolute Gasteiger partial charge is 0.503 e. The highest BCUT2D eigenvalue weighted by molar-refractivity contribution is 7.14. The van der Waals surface area contributed by atoms with Crippen LogP contribution in [0.25, 0.3) is 0 Å². The Hall–Kier alpha value is -2.51. The number of hydrogen-bond acceptors (Lipinski definition) is 5. The lowest BCUT2D eigenvalue weighted by molar-refractivity contribution is -0.857. The molecule has 6 nitrogen and oxygen atoms in total. The minimum absolute atomic E-state index is 0.151. The fraction of sp³-hybridized carbons (Fsp3) is 0.435. The highest BCUT2D eigenvalue weighted by Crippen LogP contribution is 2.40. The molecule has 3 rings (SSSR count). The molecule has 1 aliphatic heterocycles. The van der Waals surface area contributed by atoms with E-state index in [1.165, 1.54) is 21.8 Å². The zero-order valence-electron chi connectivity index (χ0n) is 18.4. The Bertz CT molecular complexity index is 990. The second-order valence-corrected chi connectivity index (χ2v) is 9.62. The Balaban J connectivity index is 2.08. The summed E-state index contributed by atoms with van der Waals surface area (Å²) in [6, 6.07) is 7.37. The molecule has 0 fully saturated rings. The van der Waals surface area contributed by atoms with Gasteiger partial charge in [0.25, 0.3) is 5.91 Å². The van der Waals surface area contributed by atoms with Crippen LogP contribution in [0.1, 0.15) is 57.3 Å². The SMILES string of the molecule is Cc1nc(C)c(C(=O)C2=C(O)C(=O)N(CC[NH+](C)C)[C@@H]2c2ccc(C(C)C)cc2)s1. The molecule has 2 heterocycles. The number of aliphatic hydroxyl groups excluding tert-OH is 1. The number of nitrogens with zero attached hydrogens (tertiary/aromatic N) is 2. The van der Waals surface area contributed by atoms with Crippen LogP contribution in [-0.2, 0) is 4.79 Å². The van der Waals surface area contributed by atoms with E-state index in [9.17, 15) is 14.7 Å². The molecular weight excluding hydrogens is 398 g/mol. The number of carbonyl (C=O) groups is 2. The van der Waals surface area contributed by atoms with E-state index in [0.29, 0.717) is 29.6 Å². The molecule has 30 heavy (non-hydrogen) atoms. The molecular formula is C23H30N3O3S+. The van der Waals surface area contributed by atoms with Crippen LogP contribution in [0, 0.1) is 13.8 Å². The van der Waals surface area contributed by atoms with Gasteiger partial charge >= 0.3 is 0 Å². The monoisotopic (exact) mass is 428 g/mol. The Morgan fingerprint density at radius 2 is 1.87 bits per heavy atom. The Morgan fingerprint density at radius 3 is 2.37 bits per heavy atom. The Morgan fingerprint density at radius 1 is 1.23 bits per heavy atom. The summed E-state index contributed by atoms with van der Waals surface area (Å²) >= 11 is 1.30. The van der Waals surface area contributed by atoms with Crippen molar-refractivity contribution in [1.29, 1.82) is 0 Å². The van der Waals surface area contributed by atoms with E-state index < -0.39 is 17.7 Å². The summed E-state index contributed by atoms with van der Waals surface area (Å²) in [5, 5.41) is 11.5. The molecule has 0 unspecified atom stereocenters. The molecule has 0 radical (unpaired) electrons. The first kappa shape index (κ1) is 22.2. The second kappa shape index (κ2) is 8.70. The lowest BCUT2D eigenvalue weighted by Crippen LogP contribution is -3.06. The van der Waals surface area contributed by atoms with Crippen LogP contribution in [0.5, 0.6) is 0 Å². The molecule has 1 aromatic heterocycles. The third-order valence-corrected chi connectivity index (χ3v) is 6.50. The quantitative estimate of drug-likeness (QED) is 0.665. The first-order valence-electron chi connectivity index (χ1n) is 10.2. The van der Waals surface area contributed by atoms with E-state index in [4.69, 9.17) is 0 Å². The molecule has 7 heteroatoms. The van der Waals surface area contributed by atoms with Gasteiger partial charge in [0, 0.05) is 0 Å². The van der Waals surface area contributed by atoms with Crippen molar-refractivity contribution in [3.8, 4) is 0 Å². The molecule has 1 amide bonds. The van der Waals surface area contributed by atoms with Crippen LogP contribution in [0.3, 0.4) is 0 Å². The zero-order chi connectivity index (χ0) is 22.2. The molecule has 0 bridgehead atoms. The minimum Gasteiger partial charge on any atom is -0.503 e. The topological polar surface area (TPSA) is 74.9 Å². The number of Topliss-reactive ketones (excluding diaryl/α,β-unsaturated/α-hetero) is 1. The lowest BCUT2D eigenvalue weighted by Gasteiger charge is -2.27. The molecule has 1 atom stereocenters. The number of hydrogen-bond donors (Lipinski definition) is 2. The standard InChI is InChI=1S/C23H29N3O3S/c1-13(2)16-7-9-17(10-8-16)19-18(20(27)22-14(3)24-15(4)30-22)21(28)23(29)26(19)12-11-25(5)6/h7-10,13,19,28H,11-12H2,1-6H3/p+1/t19-/m1/s1. The number of benzene rings is 1. The number of aromatic nitrogens is 1. The van der Waals surface area contributed by atoms with E-state index in [-0.39, 0.29) is 11.4 Å². The molecule has 2 aromatic rings. The maximum atomic E-state index is 13.4. The van der Waals surface area contributed by atoms with Crippen molar-refractivity contribution < 1.29 is 19.6 Å². The number of rotatable bonds is 7. The highest BCUT2D eigenvalue weighted by atomic mass is 32.1. The summed E-state index contributed by atoms with van der Waals surface area (Å²) in [6.45, 7) is 9.02. The van der Waals surface area contributed by atoms with Crippen LogP contribution in [0.15, 0.2) is 35.6 Å². The number of nitrogens with one attached hydrogen (secondary N) is 1. The van der Waals surface area contributed by atoms with E-state index in [0.717, 1.165) is 10.6 Å². The zero-order valence-corrected chi connectivity index (χ0v) is 19.3. The van der Waals surface area contributed by atoms with Crippen molar-refractivity contribution in [3.05, 3.63) is 62.3 Å². The van der Waals surface area contributed by atoms with Crippen LogP contribution in [0.4, 0.5) is 0 Å². The predicted molar refractivity (Wildman–Crippen MR) is 118 cm³/mol. The smallest absolute Gasteiger partial charge is 0.290 e. The van der Waals surface area contributed by atoms with Crippen molar-refractivity contribution in [3.63, 3.8) is 0 Å². The van der Waals surface area contributed by atoms with Crippen molar-refractivity contribution in [1.82, 2.24) is 9.88 Å². The van der Waals surface area contributed by atoms with Gasteiger partial charge < -0.3 is 14.9 Å². The van der Waals surface area contributed by atoms with E-state index >= 15 is 0 Å². The summed E-state index contributed by atoms with van der Waals surface area (Å²) in [4.78, 5) is 34.0. The number of carbonyl (C=O) groups excluding carboxylic acids is 2. The number of ketones is 1. The third kappa shape index (κ3) is 4.18. The van der Waals surface area contributed by atoms with Crippen molar-refractivity contribution in [2.45, 2.75) is 39.7 Å². The van der Waals surface area contributed by atoms with Gasteiger partial charge in [0.2, 0.25) is 5.78 Å². The molecule has 1 aromatic carbocycles. The fourth-order valence-corrected chi connectivity index (χ4v) is 4.61. The maximum Gasteiger partial charge on any atom is 0.290 e. The molecule has 1 aliphatic rings. The Kier molecular flexibility index (Phi) is 6.43. The Labute approximate surface area is 181 Å². The van der Waals surface area contributed by atoms with Crippen molar-refractivity contribution in [2.75, 3.05) is 27.2 Å². The molecule has 0 aliphatic carbocycles. The summed E-state index contributed by atoms with van der Waals surface area (Å²) < 4.78 is 0. The average Bonchev–Trinajstić information content (AvgIpc) is 3.15. The van der Waals surface area contributed by atoms with Crippen LogP contribution < -0.4 is 4.90 Å². The van der Waals surface area contributed by atoms with Gasteiger partial charge in [-0.1, -0.05) is 38.1 Å². The van der Waals surface area contributed by atoms with E-state index in [2.05, 4.69) is 18.8 Å². The van der Waals surface area contributed by atoms with E-state index in [1.807, 2.05) is 45.3 Å². The van der Waals surface area contributed by atoms with Gasteiger partial charge in [-0.15, -0.1) is 11.3 Å². The fourth-order valence-electron chi connectivity index (χ4n) is 3.73. The van der Waals surface area contributed by atoms with Gasteiger partial charge in [0.15, 0.2) is 5.76 Å². The maximum absolute atomic E-state index is 13.4.